The highest BCUT2D eigenvalue weighted by Crippen LogP contribution is 2.26. The van der Waals surface area contributed by atoms with Gasteiger partial charge in [-0.3, -0.25) is 14.4 Å². The molecule has 1 atom stereocenters. The molecule has 9 heteroatoms. The number of nitrogens with zero attached hydrogens (tertiary/aromatic N) is 3. The number of fused-ring (bicyclic) bond motifs is 1. The van der Waals surface area contributed by atoms with Crippen LogP contribution in [0.1, 0.15) is 23.1 Å². The smallest absolute Gasteiger partial charge is 0.272 e. The third kappa shape index (κ3) is 3.72. The maximum atomic E-state index is 12.8. The molecule has 2 radical (unpaired) electrons. The van der Waals surface area contributed by atoms with Gasteiger partial charge in [-0.25, -0.2) is 4.98 Å². The standard InChI is InChI=1S/C18H20BN5O3/c1-11(16(25)20-2)21-17(26)14-13-10-23(18(19)27)8-9-24(13)15(22-14)12-6-4-3-5-7-12/h3-7,11H,8-10H2,1-2H3,(H,20,25)(H,21,26)/t11-/m0/s1. The fourth-order valence-corrected chi connectivity index (χ4v) is 3.09. The quantitative estimate of drug-likeness (QED) is 0.772. The summed E-state index contributed by atoms with van der Waals surface area (Å²) in [6.07, 6.45) is 0. The molecule has 0 spiro atoms. The Labute approximate surface area is 158 Å². The van der Waals surface area contributed by atoms with E-state index >= 15 is 0 Å². The molecule has 1 aromatic carbocycles. The summed E-state index contributed by atoms with van der Waals surface area (Å²) in [4.78, 5) is 42.1. The van der Waals surface area contributed by atoms with Crippen LogP contribution in [0.25, 0.3) is 11.4 Å². The van der Waals surface area contributed by atoms with Crippen LogP contribution in [0.3, 0.4) is 0 Å². The molecule has 2 aromatic rings. The molecule has 3 amide bonds. The summed E-state index contributed by atoms with van der Waals surface area (Å²) in [5.74, 6) is -0.678. The van der Waals surface area contributed by atoms with Gasteiger partial charge in [0.2, 0.25) is 13.8 Å². The number of likely N-dealkylation sites (N-methyl/N-ethyl adjacent to an activating group) is 1. The Morgan fingerprint density at radius 1 is 1.19 bits per heavy atom. The van der Waals surface area contributed by atoms with Crippen molar-refractivity contribution in [1.82, 2.24) is 25.1 Å². The Bertz CT molecular complexity index is 881. The molecule has 0 fully saturated rings. The number of hydrogen-bond donors (Lipinski definition) is 2. The average Bonchev–Trinajstić information content (AvgIpc) is 3.06. The first-order valence-corrected chi connectivity index (χ1v) is 8.64. The zero-order chi connectivity index (χ0) is 19.6. The minimum atomic E-state index is -0.712. The number of imidazole rings is 1. The number of rotatable bonds is 4. The molecule has 3 rings (SSSR count). The van der Waals surface area contributed by atoms with Gasteiger partial charge in [-0.2, -0.15) is 0 Å². The first-order chi connectivity index (χ1) is 12.9. The van der Waals surface area contributed by atoms with Gasteiger partial charge in [0.05, 0.1) is 12.2 Å². The van der Waals surface area contributed by atoms with Crippen LogP contribution < -0.4 is 10.6 Å². The first kappa shape index (κ1) is 18.7. The highest BCUT2D eigenvalue weighted by Gasteiger charge is 2.29. The lowest BCUT2D eigenvalue weighted by Gasteiger charge is -2.29. The normalized spacial score (nSPS) is 14.2. The van der Waals surface area contributed by atoms with E-state index in [0.717, 1.165) is 5.56 Å². The van der Waals surface area contributed by atoms with Crippen LogP contribution in [0.5, 0.6) is 0 Å². The number of carbonyl (C=O) groups excluding carboxylic acids is 3. The van der Waals surface area contributed by atoms with Crippen molar-refractivity contribution in [2.75, 3.05) is 13.6 Å². The molecule has 1 aliphatic heterocycles. The average molecular weight is 365 g/mol. The van der Waals surface area contributed by atoms with Crippen molar-refractivity contribution in [3.63, 3.8) is 0 Å². The van der Waals surface area contributed by atoms with Gasteiger partial charge in [-0.15, -0.1) is 0 Å². The van der Waals surface area contributed by atoms with E-state index in [9.17, 15) is 14.4 Å². The van der Waals surface area contributed by atoms with E-state index in [1.165, 1.54) is 11.9 Å². The largest absolute Gasteiger partial charge is 0.357 e. The highest BCUT2D eigenvalue weighted by molar-refractivity contribution is 6.56. The summed E-state index contributed by atoms with van der Waals surface area (Å²) in [7, 11) is 6.91. The van der Waals surface area contributed by atoms with Gasteiger partial charge in [0.1, 0.15) is 11.9 Å². The van der Waals surface area contributed by atoms with Crippen LogP contribution in [-0.2, 0) is 17.9 Å². The number of amides is 3. The molecular formula is C18H20BN5O3. The monoisotopic (exact) mass is 365 g/mol. The fourth-order valence-electron chi connectivity index (χ4n) is 3.09. The van der Waals surface area contributed by atoms with Crippen molar-refractivity contribution in [2.45, 2.75) is 26.1 Å². The topological polar surface area (TPSA) is 96.3 Å². The number of benzene rings is 1. The van der Waals surface area contributed by atoms with Crippen LogP contribution in [0.2, 0.25) is 0 Å². The van der Waals surface area contributed by atoms with Crippen LogP contribution in [-0.4, -0.2) is 59.6 Å². The maximum Gasteiger partial charge on any atom is 0.272 e. The Kier molecular flexibility index (Phi) is 5.29. The minimum absolute atomic E-state index is 0.187. The Morgan fingerprint density at radius 2 is 1.89 bits per heavy atom. The van der Waals surface area contributed by atoms with Gasteiger partial charge in [0.15, 0.2) is 11.5 Å². The van der Waals surface area contributed by atoms with Crippen molar-refractivity contribution < 1.29 is 14.4 Å². The molecule has 27 heavy (non-hydrogen) atoms. The van der Waals surface area contributed by atoms with Crippen LogP contribution in [0.4, 0.5) is 4.79 Å². The van der Waals surface area contributed by atoms with Gasteiger partial charge in [0.25, 0.3) is 5.91 Å². The summed E-state index contributed by atoms with van der Waals surface area (Å²) in [6.45, 7) is 2.70. The van der Waals surface area contributed by atoms with Crippen molar-refractivity contribution >= 4 is 25.5 Å². The second-order valence-electron chi connectivity index (χ2n) is 6.32. The van der Waals surface area contributed by atoms with Gasteiger partial charge >= 0.3 is 0 Å². The molecule has 0 aliphatic carbocycles. The first-order valence-electron chi connectivity index (χ1n) is 8.64. The highest BCUT2D eigenvalue weighted by atomic mass is 16.2. The van der Waals surface area contributed by atoms with Gasteiger partial charge in [0, 0.05) is 25.7 Å². The van der Waals surface area contributed by atoms with E-state index in [1.807, 2.05) is 34.9 Å². The maximum absolute atomic E-state index is 12.8. The molecule has 1 aliphatic rings. The third-order valence-electron chi connectivity index (χ3n) is 4.55. The van der Waals surface area contributed by atoms with Gasteiger partial charge in [-0.1, -0.05) is 30.3 Å². The molecule has 8 nitrogen and oxygen atoms in total. The zero-order valence-electron chi connectivity index (χ0n) is 15.2. The lowest BCUT2D eigenvalue weighted by Crippen LogP contribution is -2.44. The van der Waals surface area contributed by atoms with E-state index in [2.05, 4.69) is 15.6 Å². The summed E-state index contributed by atoms with van der Waals surface area (Å²) in [6, 6.07) is 8.79. The van der Waals surface area contributed by atoms with Crippen molar-refractivity contribution in [3.8, 4) is 11.4 Å². The van der Waals surface area contributed by atoms with Gasteiger partial charge < -0.3 is 20.1 Å². The number of hydrogen-bond acceptors (Lipinski definition) is 4. The number of nitrogens with one attached hydrogen (secondary N) is 2. The fraction of sp³-hybridized carbons (Fsp3) is 0.333. The molecule has 0 saturated carbocycles. The summed E-state index contributed by atoms with van der Waals surface area (Å²) >= 11 is 0. The lowest BCUT2D eigenvalue weighted by molar-refractivity contribution is -0.122. The zero-order valence-corrected chi connectivity index (χ0v) is 15.2. The molecule has 0 saturated heterocycles. The Hall–Kier alpha value is -3.10. The molecule has 2 N–H and O–H groups in total. The number of carbonyl (C=O) groups is 3. The Balaban J connectivity index is 2.00. The number of aromatic nitrogens is 2. The molecule has 0 unspecified atom stereocenters. The van der Waals surface area contributed by atoms with E-state index in [4.69, 9.17) is 7.85 Å². The van der Waals surface area contributed by atoms with Gasteiger partial charge in [-0.05, 0) is 6.92 Å². The summed E-state index contributed by atoms with van der Waals surface area (Å²) < 4.78 is 1.92. The van der Waals surface area contributed by atoms with E-state index < -0.39 is 17.8 Å². The Morgan fingerprint density at radius 3 is 2.52 bits per heavy atom. The van der Waals surface area contributed by atoms with E-state index in [1.54, 1.807) is 6.92 Å². The molecule has 0 bridgehead atoms. The van der Waals surface area contributed by atoms with Crippen LogP contribution in [0, 0.1) is 0 Å². The molecular weight excluding hydrogens is 345 g/mol. The summed E-state index contributed by atoms with van der Waals surface area (Å²) in [5.41, 5.74) is 1.65. The van der Waals surface area contributed by atoms with Crippen LogP contribution in [0.15, 0.2) is 30.3 Å². The predicted octanol–water partition coefficient (Wildman–Crippen LogP) is 0.519. The van der Waals surface area contributed by atoms with Crippen molar-refractivity contribution in [1.29, 1.82) is 0 Å². The predicted molar refractivity (Wildman–Crippen MR) is 100 cm³/mol. The summed E-state index contributed by atoms with van der Waals surface area (Å²) in [5, 5.41) is 5.13. The second-order valence-corrected chi connectivity index (χ2v) is 6.32. The van der Waals surface area contributed by atoms with E-state index in [0.29, 0.717) is 24.6 Å². The molecule has 138 valence electrons. The lowest BCUT2D eigenvalue weighted by atomic mass is 10.1. The minimum Gasteiger partial charge on any atom is -0.357 e. The van der Waals surface area contributed by atoms with E-state index in [-0.39, 0.29) is 18.1 Å². The third-order valence-corrected chi connectivity index (χ3v) is 4.55. The molecule has 1 aromatic heterocycles. The van der Waals surface area contributed by atoms with Crippen LogP contribution >= 0.6 is 0 Å². The van der Waals surface area contributed by atoms with Crippen molar-refractivity contribution in [2.24, 2.45) is 0 Å². The SMILES string of the molecule is [B]C(=O)N1CCn2c(-c3ccccc3)nc(C(=O)N[C@@H](C)C(=O)NC)c2C1. The molecule has 2 heterocycles. The second kappa shape index (κ2) is 7.65. The van der Waals surface area contributed by atoms with Crippen molar-refractivity contribution in [3.05, 3.63) is 41.7 Å².